The van der Waals surface area contributed by atoms with Gasteiger partial charge in [0.05, 0.1) is 0 Å². The number of carbonyl (C=O) groups excluding carboxylic acids is 1. The minimum atomic E-state index is -5.08. The van der Waals surface area contributed by atoms with E-state index in [1.807, 2.05) is 12.1 Å². The monoisotopic (exact) mass is 485 g/mol. The highest BCUT2D eigenvalue weighted by atomic mass is 35.5. The van der Waals surface area contributed by atoms with Gasteiger partial charge in [-0.1, -0.05) is 30.7 Å². The fourth-order valence-corrected chi connectivity index (χ4v) is 3.37. The van der Waals surface area contributed by atoms with Crippen molar-refractivity contribution in [3.63, 3.8) is 0 Å². The van der Waals surface area contributed by atoms with Crippen LogP contribution in [0.5, 0.6) is 0 Å². The van der Waals surface area contributed by atoms with E-state index in [4.69, 9.17) is 21.5 Å². The number of alkyl halides is 3. The second kappa shape index (κ2) is 12.6. The lowest BCUT2D eigenvalue weighted by molar-refractivity contribution is -0.192. The van der Waals surface area contributed by atoms with E-state index in [1.54, 1.807) is 24.3 Å². The molecule has 1 saturated heterocycles. The lowest BCUT2D eigenvalue weighted by Gasteiger charge is -2.34. The van der Waals surface area contributed by atoms with Crippen molar-refractivity contribution >= 4 is 29.2 Å². The molecule has 2 aromatic rings. The number of anilines is 1. The maximum atomic E-state index is 12.3. The normalized spacial score (nSPS) is 14.8. The van der Waals surface area contributed by atoms with Gasteiger partial charge in [0.15, 0.2) is 0 Å². The number of rotatable bonds is 6. The summed E-state index contributed by atoms with van der Waals surface area (Å²) in [6.45, 7) is 8.89. The molecule has 0 aliphatic carbocycles. The average molecular weight is 486 g/mol. The predicted molar refractivity (Wildman–Crippen MR) is 122 cm³/mol. The van der Waals surface area contributed by atoms with Crippen LogP contribution in [0.25, 0.3) is 0 Å². The molecule has 0 unspecified atom stereocenters. The van der Waals surface area contributed by atoms with Crippen molar-refractivity contribution in [2.75, 3.05) is 38.0 Å². The zero-order valence-electron chi connectivity index (χ0n) is 18.2. The van der Waals surface area contributed by atoms with Gasteiger partial charge in [-0.3, -0.25) is 9.69 Å². The van der Waals surface area contributed by atoms with E-state index in [-0.39, 0.29) is 5.91 Å². The SMILES string of the molecule is CCCN1CCN(Cc2ccc(C(=O)Nc3ccc(Cl)cc3)cc2)CC1.O=C(O)C(F)(F)F. The zero-order valence-corrected chi connectivity index (χ0v) is 19.0. The van der Waals surface area contributed by atoms with Gasteiger partial charge >= 0.3 is 12.1 Å². The van der Waals surface area contributed by atoms with E-state index >= 15 is 0 Å². The van der Waals surface area contributed by atoms with Crippen LogP contribution in [0.4, 0.5) is 18.9 Å². The number of halogens is 4. The number of carboxylic acid groups (broad SMARTS) is 1. The predicted octanol–water partition coefficient (Wildman–Crippen LogP) is 4.75. The largest absolute Gasteiger partial charge is 0.490 e. The van der Waals surface area contributed by atoms with E-state index in [1.165, 1.54) is 18.5 Å². The molecule has 2 N–H and O–H groups in total. The molecule has 2 aromatic carbocycles. The number of aliphatic carboxylic acids is 1. The fourth-order valence-electron chi connectivity index (χ4n) is 3.24. The van der Waals surface area contributed by atoms with Crippen molar-refractivity contribution in [3.8, 4) is 0 Å². The Morgan fingerprint density at radius 3 is 1.97 bits per heavy atom. The van der Waals surface area contributed by atoms with E-state index in [9.17, 15) is 18.0 Å². The number of carbonyl (C=O) groups is 2. The van der Waals surface area contributed by atoms with Gasteiger partial charge in [0, 0.05) is 49.0 Å². The highest BCUT2D eigenvalue weighted by Gasteiger charge is 2.38. The number of nitrogens with one attached hydrogen (secondary N) is 1. The summed E-state index contributed by atoms with van der Waals surface area (Å²) in [6, 6.07) is 15.0. The second-order valence-electron chi connectivity index (χ2n) is 7.58. The number of carboxylic acids is 1. The fraction of sp³-hybridized carbons (Fsp3) is 0.391. The standard InChI is InChI=1S/C21H26ClN3O.C2HF3O2/c1-2-11-24-12-14-25(15-13-24)16-17-3-5-18(6-4-17)21(26)23-20-9-7-19(22)8-10-20;3-2(4,5)1(6)7/h3-10H,2,11-16H2,1H3,(H,23,26);(H,6,7). The van der Waals surface area contributed by atoms with Crippen LogP contribution in [-0.2, 0) is 11.3 Å². The molecule has 0 radical (unpaired) electrons. The second-order valence-corrected chi connectivity index (χ2v) is 8.02. The van der Waals surface area contributed by atoms with Crippen LogP contribution in [-0.4, -0.2) is 65.7 Å². The van der Waals surface area contributed by atoms with Gasteiger partial charge < -0.3 is 15.3 Å². The Labute approximate surface area is 195 Å². The first kappa shape index (κ1) is 26.6. The molecule has 1 amide bonds. The topological polar surface area (TPSA) is 72.9 Å². The van der Waals surface area contributed by atoms with Crippen LogP contribution in [0.15, 0.2) is 48.5 Å². The molecule has 0 atom stereocenters. The molecule has 180 valence electrons. The quantitative estimate of drug-likeness (QED) is 0.617. The lowest BCUT2D eigenvalue weighted by Crippen LogP contribution is -2.45. The van der Waals surface area contributed by atoms with Crippen molar-refractivity contribution in [2.24, 2.45) is 0 Å². The molecular formula is C23H27ClF3N3O3. The summed E-state index contributed by atoms with van der Waals surface area (Å²) in [7, 11) is 0. The molecule has 33 heavy (non-hydrogen) atoms. The summed E-state index contributed by atoms with van der Waals surface area (Å²) >= 11 is 5.87. The lowest BCUT2D eigenvalue weighted by atomic mass is 10.1. The molecule has 0 aromatic heterocycles. The van der Waals surface area contributed by atoms with Crippen LogP contribution in [0, 0.1) is 0 Å². The van der Waals surface area contributed by atoms with Gasteiger partial charge in [0.25, 0.3) is 5.91 Å². The first-order valence-corrected chi connectivity index (χ1v) is 10.9. The van der Waals surface area contributed by atoms with Crippen LogP contribution >= 0.6 is 11.6 Å². The highest BCUT2D eigenvalue weighted by Crippen LogP contribution is 2.16. The third-order valence-electron chi connectivity index (χ3n) is 4.97. The summed E-state index contributed by atoms with van der Waals surface area (Å²) < 4.78 is 31.7. The van der Waals surface area contributed by atoms with Crippen LogP contribution in [0.1, 0.15) is 29.3 Å². The summed E-state index contributed by atoms with van der Waals surface area (Å²) in [5, 5.41) is 10.7. The van der Waals surface area contributed by atoms with Crippen LogP contribution in [0.3, 0.4) is 0 Å². The number of benzene rings is 2. The number of hydrogen-bond donors (Lipinski definition) is 2. The van der Waals surface area contributed by atoms with Crippen molar-refractivity contribution in [1.82, 2.24) is 9.80 Å². The first-order chi connectivity index (χ1) is 15.6. The molecule has 1 aliphatic heterocycles. The maximum Gasteiger partial charge on any atom is 0.490 e. The van der Waals surface area contributed by atoms with Gasteiger partial charge in [-0.05, 0) is 54.9 Å². The summed E-state index contributed by atoms with van der Waals surface area (Å²) in [5.74, 6) is -2.86. The van der Waals surface area contributed by atoms with Gasteiger partial charge in [-0.25, -0.2) is 4.79 Å². The Morgan fingerprint density at radius 2 is 1.48 bits per heavy atom. The molecule has 0 saturated carbocycles. The molecular weight excluding hydrogens is 459 g/mol. The minimum Gasteiger partial charge on any atom is -0.475 e. The van der Waals surface area contributed by atoms with Crippen molar-refractivity contribution in [2.45, 2.75) is 26.1 Å². The van der Waals surface area contributed by atoms with Crippen LogP contribution in [0.2, 0.25) is 5.02 Å². The average Bonchev–Trinajstić information content (AvgIpc) is 2.77. The Balaban J connectivity index is 0.000000479. The van der Waals surface area contributed by atoms with E-state index in [0.29, 0.717) is 10.6 Å². The Kier molecular flexibility index (Phi) is 10.1. The summed E-state index contributed by atoms with van der Waals surface area (Å²) in [4.78, 5) is 26.2. The molecule has 1 aliphatic rings. The molecule has 0 spiro atoms. The summed E-state index contributed by atoms with van der Waals surface area (Å²) in [5.41, 5.74) is 2.65. The number of hydrogen-bond acceptors (Lipinski definition) is 4. The third kappa shape index (κ3) is 9.41. The number of piperazine rings is 1. The third-order valence-corrected chi connectivity index (χ3v) is 5.22. The van der Waals surface area contributed by atoms with E-state index in [2.05, 4.69) is 34.2 Å². The number of amides is 1. The highest BCUT2D eigenvalue weighted by molar-refractivity contribution is 6.30. The van der Waals surface area contributed by atoms with Crippen molar-refractivity contribution < 1.29 is 27.9 Å². The van der Waals surface area contributed by atoms with Gasteiger partial charge in [0.1, 0.15) is 0 Å². The molecule has 1 fully saturated rings. The van der Waals surface area contributed by atoms with E-state index < -0.39 is 12.1 Å². The van der Waals surface area contributed by atoms with Gasteiger partial charge in [-0.15, -0.1) is 0 Å². The van der Waals surface area contributed by atoms with Crippen LogP contribution < -0.4 is 5.32 Å². The van der Waals surface area contributed by atoms with Crippen molar-refractivity contribution in [1.29, 1.82) is 0 Å². The zero-order chi connectivity index (χ0) is 24.4. The Hall–Kier alpha value is -2.62. The van der Waals surface area contributed by atoms with Gasteiger partial charge in [-0.2, -0.15) is 13.2 Å². The minimum absolute atomic E-state index is 0.105. The Bertz CT molecular complexity index is 898. The summed E-state index contributed by atoms with van der Waals surface area (Å²) in [6.07, 6.45) is -3.86. The molecule has 10 heteroatoms. The Morgan fingerprint density at radius 1 is 0.970 bits per heavy atom. The van der Waals surface area contributed by atoms with Crippen molar-refractivity contribution in [3.05, 3.63) is 64.7 Å². The maximum absolute atomic E-state index is 12.3. The molecule has 0 bridgehead atoms. The molecule has 3 rings (SSSR count). The number of nitrogens with zero attached hydrogens (tertiary/aromatic N) is 2. The first-order valence-electron chi connectivity index (χ1n) is 10.5. The van der Waals surface area contributed by atoms with E-state index in [0.717, 1.165) is 38.4 Å². The van der Waals surface area contributed by atoms with Gasteiger partial charge in [0.2, 0.25) is 0 Å². The molecule has 1 heterocycles. The molecule has 6 nitrogen and oxygen atoms in total. The smallest absolute Gasteiger partial charge is 0.475 e.